The number of hydrogen-bond donors (Lipinski definition) is 1. The molecule has 0 amide bonds. The predicted octanol–water partition coefficient (Wildman–Crippen LogP) is 4.59. The van der Waals surface area contributed by atoms with Crippen LogP contribution in [-0.2, 0) is 0 Å². The van der Waals surface area contributed by atoms with Gasteiger partial charge in [0, 0.05) is 16.7 Å². The van der Waals surface area contributed by atoms with Gasteiger partial charge in [0.1, 0.15) is 24.8 Å². The Balaban J connectivity index is 1.41. The summed E-state index contributed by atoms with van der Waals surface area (Å²) in [5.74, 6) is 2.01. The smallest absolute Gasteiger partial charge is 0.196 e. The Morgan fingerprint density at radius 1 is 0.867 bits per heavy atom. The fourth-order valence-corrected chi connectivity index (χ4v) is 4.20. The number of fused-ring (bicyclic) bond motifs is 4. The Bertz CT molecular complexity index is 1160. The van der Waals surface area contributed by atoms with E-state index in [4.69, 9.17) is 14.2 Å². The molecule has 30 heavy (non-hydrogen) atoms. The van der Waals surface area contributed by atoms with E-state index >= 15 is 0 Å². The van der Waals surface area contributed by atoms with Crippen LogP contribution in [-0.4, -0.2) is 18.2 Å². The van der Waals surface area contributed by atoms with Gasteiger partial charge in [-0.15, -0.1) is 0 Å². The van der Waals surface area contributed by atoms with Crippen molar-refractivity contribution in [3.8, 4) is 17.2 Å². The first-order chi connectivity index (χ1) is 14.8. The number of para-hydroxylation sites is 1. The maximum absolute atomic E-state index is 13.9. The lowest BCUT2D eigenvalue weighted by Crippen LogP contribution is -2.43. The zero-order chi connectivity index (χ0) is 20.1. The van der Waals surface area contributed by atoms with Gasteiger partial charge in [0.05, 0.1) is 11.7 Å². The largest absolute Gasteiger partial charge is 0.486 e. The van der Waals surface area contributed by atoms with E-state index in [1.807, 2.05) is 47.5 Å². The van der Waals surface area contributed by atoms with Crippen LogP contribution < -0.4 is 19.6 Å². The molecule has 2 atom stereocenters. The summed E-state index contributed by atoms with van der Waals surface area (Å²) in [6.45, 7) is 1.10. The molecule has 0 bridgehead atoms. The molecule has 5 nitrogen and oxygen atoms in total. The van der Waals surface area contributed by atoms with E-state index in [-0.39, 0.29) is 11.9 Å². The Labute approximate surface area is 173 Å². The highest BCUT2D eigenvalue weighted by molar-refractivity contribution is 5.70. The Morgan fingerprint density at radius 2 is 1.73 bits per heavy atom. The minimum Gasteiger partial charge on any atom is -0.486 e. The molecule has 3 aromatic rings. The maximum Gasteiger partial charge on any atom is 0.196 e. The van der Waals surface area contributed by atoms with Crippen LogP contribution in [0.15, 0.2) is 72.8 Å². The highest BCUT2D eigenvalue weighted by Crippen LogP contribution is 2.46. The first-order valence-corrected chi connectivity index (χ1v) is 9.94. The molecule has 0 aromatic heterocycles. The summed E-state index contributed by atoms with van der Waals surface area (Å²) in [5.41, 5.74) is 7.22. The summed E-state index contributed by atoms with van der Waals surface area (Å²) in [5, 5.41) is 2.02. The van der Waals surface area contributed by atoms with Crippen molar-refractivity contribution in [3.63, 3.8) is 0 Å². The van der Waals surface area contributed by atoms with E-state index in [0.717, 1.165) is 39.6 Å². The molecule has 150 valence electrons. The summed E-state index contributed by atoms with van der Waals surface area (Å²) in [7, 11) is 0. The van der Waals surface area contributed by atoms with Gasteiger partial charge in [0.25, 0.3) is 0 Å². The molecule has 0 saturated heterocycles. The summed E-state index contributed by atoms with van der Waals surface area (Å²) in [6.07, 6.45) is 1.70. The van der Waals surface area contributed by atoms with Crippen molar-refractivity contribution < 1.29 is 18.6 Å². The third kappa shape index (κ3) is 2.80. The SMILES string of the molecule is Fc1cccc([C@@H]2Oc3ccccc3[C@H]3C=C(c4ccc5c(c4)OCCO5)NN32)c1. The highest BCUT2D eigenvalue weighted by Gasteiger charge is 2.40. The normalized spacial score (nSPS) is 21.7. The first kappa shape index (κ1) is 17.4. The van der Waals surface area contributed by atoms with Crippen molar-refractivity contribution in [3.05, 3.63) is 95.3 Å². The van der Waals surface area contributed by atoms with E-state index < -0.39 is 6.23 Å². The maximum atomic E-state index is 13.9. The van der Waals surface area contributed by atoms with Gasteiger partial charge in [-0.2, -0.15) is 5.01 Å². The topological polar surface area (TPSA) is 43.0 Å². The van der Waals surface area contributed by atoms with Crippen LogP contribution in [0.3, 0.4) is 0 Å². The van der Waals surface area contributed by atoms with Gasteiger partial charge in [-0.05, 0) is 42.5 Å². The van der Waals surface area contributed by atoms with Crippen molar-refractivity contribution in [2.24, 2.45) is 0 Å². The number of hydrazine groups is 1. The highest BCUT2D eigenvalue weighted by atomic mass is 19.1. The molecule has 0 saturated carbocycles. The lowest BCUT2D eigenvalue weighted by Gasteiger charge is -2.38. The average molecular weight is 402 g/mol. The minimum atomic E-state index is -0.466. The molecule has 3 heterocycles. The van der Waals surface area contributed by atoms with Gasteiger partial charge in [0.15, 0.2) is 17.7 Å². The molecule has 3 aliphatic heterocycles. The van der Waals surface area contributed by atoms with Crippen LogP contribution in [0.5, 0.6) is 17.2 Å². The van der Waals surface area contributed by atoms with Crippen molar-refractivity contribution in [2.75, 3.05) is 13.2 Å². The van der Waals surface area contributed by atoms with Crippen molar-refractivity contribution in [1.29, 1.82) is 0 Å². The van der Waals surface area contributed by atoms with Crippen LogP contribution in [0, 0.1) is 5.82 Å². The molecule has 0 unspecified atom stereocenters. The summed E-state index contributed by atoms with van der Waals surface area (Å²) < 4.78 is 31.6. The minimum absolute atomic E-state index is 0.0496. The number of nitrogens with one attached hydrogen (secondary N) is 1. The summed E-state index contributed by atoms with van der Waals surface area (Å²) >= 11 is 0. The van der Waals surface area contributed by atoms with Crippen molar-refractivity contribution >= 4 is 5.70 Å². The lowest BCUT2D eigenvalue weighted by atomic mass is 10.0. The van der Waals surface area contributed by atoms with Gasteiger partial charge in [0.2, 0.25) is 0 Å². The van der Waals surface area contributed by atoms with Gasteiger partial charge in [-0.25, -0.2) is 4.39 Å². The predicted molar refractivity (Wildman–Crippen MR) is 109 cm³/mol. The second kappa shape index (κ2) is 6.78. The van der Waals surface area contributed by atoms with Crippen LogP contribution in [0.25, 0.3) is 5.70 Å². The fraction of sp³-hybridized carbons (Fsp3) is 0.167. The second-order valence-corrected chi connectivity index (χ2v) is 7.47. The molecule has 0 spiro atoms. The standard InChI is InChI=1S/C24H19FN2O3/c25-17-5-3-4-16(12-17)24-27-20(18-6-1-2-7-21(18)30-24)14-19(26-27)15-8-9-22-23(13-15)29-11-10-28-22/h1-9,12-14,20,24,26H,10-11H2/t20-,24+/m1/s1. The number of halogens is 1. The molecule has 6 rings (SSSR count). The number of rotatable bonds is 2. The fourth-order valence-electron chi connectivity index (χ4n) is 4.20. The van der Waals surface area contributed by atoms with Crippen molar-refractivity contribution in [2.45, 2.75) is 12.3 Å². The second-order valence-electron chi connectivity index (χ2n) is 7.47. The number of benzene rings is 3. The van der Waals surface area contributed by atoms with Crippen molar-refractivity contribution in [1.82, 2.24) is 10.4 Å². The van der Waals surface area contributed by atoms with Crippen LogP contribution in [0.1, 0.15) is 29.0 Å². The Kier molecular flexibility index (Phi) is 3.92. The third-order valence-electron chi connectivity index (χ3n) is 5.59. The van der Waals surface area contributed by atoms with Crippen LogP contribution in [0.4, 0.5) is 4.39 Å². The zero-order valence-electron chi connectivity index (χ0n) is 16.0. The van der Waals surface area contributed by atoms with Gasteiger partial charge >= 0.3 is 0 Å². The monoisotopic (exact) mass is 402 g/mol. The molecular formula is C24H19FN2O3. The first-order valence-electron chi connectivity index (χ1n) is 9.94. The van der Waals surface area contributed by atoms with E-state index in [2.05, 4.69) is 17.6 Å². The third-order valence-corrected chi connectivity index (χ3v) is 5.59. The molecule has 0 radical (unpaired) electrons. The number of nitrogens with zero attached hydrogens (tertiary/aromatic N) is 1. The van der Waals surface area contributed by atoms with Gasteiger partial charge in [-0.3, -0.25) is 0 Å². The number of hydrogen-bond acceptors (Lipinski definition) is 5. The van der Waals surface area contributed by atoms with Gasteiger partial charge < -0.3 is 19.6 Å². The van der Waals surface area contributed by atoms with Crippen LogP contribution >= 0.6 is 0 Å². The molecule has 3 aliphatic rings. The molecule has 3 aromatic carbocycles. The van der Waals surface area contributed by atoms with E-state index in [9.17, 15) is 4.39 Å². The molecule has 1 N–H and O–H groups in total. The van der Waals surface area contributed by atoms with Gasteiger partial charge in [-0.1, -0.05) is 30.3 Å². The van der Waals surface area contributed by atoms with E-state index in [1.165, 1.54) is 12.1 Å². The molecular weight excluding hydrogens is 383 g/mol. The Hall–Kier alpha value is -3.51. The molecule has 6 heteroatoms. The zero-order valence-corrected chi connectivity index (χ0v) is 16.0. The van der Waals surface area contributed by atoms with E-state index in [1.54, 1.807) is 6.07 Å². The van der Waals surface area contributed by atoms with Crippen LogP contribution in [0.2, 0.25) is 0 Å². The van der Waals surface area contributed by atoms with E-state index in [0.29, 0.717) is 13.2 Å². The lowest BCUT2D eigenvalue weighted by molar-refractivity contribution is -0.0328. The number of ether oxygens (including phenoxy) is 3. The Morgan fingerprint density at radius 3 is 2.63 bits per heavy atom. The molecule has 0 fully saturated rings. The summed E-state index contributed by atoms with van der Waals surface area (Å²) in [4.78, 5) is 0. The summed E-state index contributed by atoms with van der Waals surface area (Å²) in [6, 6.07) is 20.4. The quantitative estimate of drug-likeness (QED) is 0.679. The average Bonchev–Trinajstić information content (AvgIpc) is 3.24. The molecule has 0 aliphatic carbocycles.